The van der Waals surface area contributed by atoms with Gasteiger partial charge in [-0.15, -0.1) is 0 Å². The molecule has 2 heterocycles. The number of esters is 1. The van der Waals surface area contributed by atoms with Crippen LogP contribution in [-0.4, -0.2) is 73.2 Å². The molecule has 0 aliphatic carbocycles. The maximum absolute atomic E-state index is 12.2. The Morgan fingerprint density at radius 1 is 1.45 bits per heavy atom. The number of hydrogen-bond acceptors (Lipinski definition) is 5. The third kappa shape index (κ3) is 3.15. The summed E-state index contributed by atoms with van der Waals surface area (Å²) in [5.74, 6) is -0.149. The minimum absolute atomic E-state index is 0.149. The molecule has 0 spiro atoms. The summed E-state index contributed by atoms with van der Waals surface area (Å²) >= 11 is 0. The fourth-order valence-corrected chi connectivity index (χ4v) is 3.41. The van der Waals surface area contributed by atoms with Crippen LogP contribution in [-0.2, 0) is 9.53 Å². The Labute approximate surface area is 122 Å². The molecule has 2 fully saturated rings. The van der Waals surface area contributed by atoms with Crippen LogP contribution in [0, 0.1) is 0 Å². The van der Waals surface area contributed by atoms with Gasteiger partial charge in [-0.05, 0) is 47.2 Å². The molecule has 5 heteroatoms. The van der Waals surface area contributed by atoms with Gasteiger partial charge in [-0.2, -0.15) is 0 Å². The van der Waals surface area contributed by atoms with Gasteiger partial charge in [0.2, 0.25) is 0 Å². The minimum atomic E-state index is -0.620. The summed E-state index contributed by atoms with van der Waals surface area (Å²) in [5, 5.41) is 3.16. The second kappa shape index (κ2) is 6.41. The zero-order valence-electron chi connectivity index (χ0n) is 13.3. The molecule has 2 rings (SSSR count). The van der Waals surface area contributed by atoms with E-state index in [-0.39, 0.29) is 5.97 Å². The topological polar surface area (TPSA) is 44.8 Å². The third-order valence-corrected chi connectivity index (χ3v) is 4.86. The van der Waals surface area contributed by atoms with E-state index in [1.165, 1.54) is 19.4 Å². The standard InChI is InChI=1S/C15H29N3O2/c1-5-20-14(19)15(3,16-4)11-18-10-13-7-6-8-17(13)9-12(18)2/h12-13,16H,5-11H2,1-4H3. The van der Waals surface area contributed by atoms with Gasteiger partial charge in [0.25, 0.3) is 0 Å². The van der Waals surface area contributed by atoms with Gasteiger partial charge in [-0.25, -0.2) is 0 Å². The normalized spacial score (nSPS) is 30.8. The zero-order chi connectivity index (χ0) is 14.8. The summed E-state index contributed by atoms with van der Waals surface area (Å²) in [4.78, 5) is 17.2. The van der Waals surface area contributed by atoms with Crippen molar-refractivity contribution >= 4 is 5.97 Å². The SMILES string of the molecule is CCOC(=O)C(C)(CN1CC2CCCN2CC1C)NC. The molecule has 1 N–H and O–H groups in total. The van der Waals surface area contributed by atoms with Crippen molar-refractivity contribution in [3.05, 3.63) is 0 Å². The Balaban J connectivity index is 2.01. The minimum Gasteiger partial charge on any atom is -0.465 e. The van der Waals surface area contributed by atoms with Crippen molar-refractivity contribution in [3.63, 3.8) is 0 Å². The molecule has 5 nitrogen and oxygen atoms in total. The average Bonchev–Trinajstić information content (AvgIpc) is 2.86. The van der Waals surface area contributed by atoms with Crippen molar-refractivity contribution in [1.82, 2.24) is 15.1 Å². The first-order valence-electron chi connectivity index (χ1n) is 7.84. The molecule has 0 aromatic carbocycles. The van der Waals surface area contributed by atoms with Crippen LogP contribution in [0.1, 0.15) is 33.6 Å². The van der Waals surface area contributed by atoms with Crippen molar-refractivity contribution in [2.75, 3.05) is 39.8 Å². The molecular formula is C15H29N3O2. The Bertz CT molecular complexity index is 350. The summed E-state index contributed by atoms with van der Waals surface area (Å²) in [5.41, 5.74) is -0.620. The van der Waals surface area contributed by atoms with Gasteiger partial charge in [-0.3, -0.25) is 14.6 Å². The molecule has 2 aliphatic rings. The maximum Gasteiger partial charge on any atom is 0.327 e. The Kier molecular flexibility index (Phi) is 5.04. The molecule has 3 unspecified atom stereocenters. The number of carbonyl (C=O) groups excluding carboxylic acids is 1. The predicted octanol–water partition coefficient (Wildman–Crippen LogP) is 0.696. The molecular weight excluding hydrogens is 254 g/mol. The number of carbonyl (C=O) groups is 1. The first-order valence-corrected chi connectivity index (χ1v) is 7.84. The molecule has 0 bridgehead atoms. The van der Waals surface area contributed by atoms with E-state index in [0.717, 1.165) is 13.1 Å². The molecule has 3 atom stereocenters. The molecule has 0 radical (unpaired) electrons. The van der Waals surface area contributed by atoms with Gasteiger partial charge < -0.3 is 10.1 Å². The van der Waals surface area contributed by atoms with Gasteiger partial charge in [-0.1, -0.05) is 0 Å². The van der Waals surface area contributed by atoms with Crippen LogP contribution in [0.25, 0.3) is 0 Å². The number of nitrogens with zero attached hydrogens (tertiary/aromatic N) is 2. The van der Waals surface area contributed by atoms with Crippen molar-refractivity contribution in [2.24, 2.45) is 0 Å². The molecule has 0 saturated carbocycles. The van der Waals surface area contributed by atoms with E-state index in [1.54, 1.807) is 0 Å². The molecule has 2 aliphatic heterocycles. The Hall–Kier alpha value is -0.650. The summed E-state index contributed by atoms with van der Waals surface area (Å²) < 4.78 is 5.22. The largest absolute Gasteiger partial charge is 0.465 e. The van der Waals surface area contributed by atoms with E-state index in [0.29, 0.717) is 25.2 Å². The smallest absolute Gasteiger partial charge is 0.327 e. The summed E-state index contributed by atoms with van der Waals surface area (Å²) in [6.45, 7) is 10.6. The van der Waals surface area contributed by atoms with Crippen LogP contribution >= 0.6 is 0 Å². The number of ether oxygens (including phenoxy) is 1. The van der Waals surface area contributed by atoms with Gasteiger partial charge in [0.15, 0.2) is 0 Å². The molecule has 116 valence electrons. The van der Waals surface area contributed by atoms with Crippen molar-refractivity contribution in [2.45, 2.75) is 51.2 Å². The van der Waals surface area contributed by atoms with E-state index in [4.69, 9.17) is 4.74 Å². The number of fused-ring (bicyclic) bond motifs is 1. The van der Waals surface area contributed by atoms with Crippen LogP contribution in [0.15, 0.2) is 0 Å². The van der Waals surface area contributed by atoms with Gasteiger partial charge in [0, 0.05) is 31.7 Å². The highest BCUT2D eigenvalue weighted by molar-refractivity contribution is 5.80. The zero-order valence-corrected chi connectivity index (χ0v) is 13.3. The number of likely N-dealkylation sites (N-methyl/N-ethyl adjacent to an activating group) is 1. The lowest BCUT2D eigenvalue weighted by molar-refractivity contribution is -0.151. The first kappa shape index (κ1) is 15.7. The fraction of sp³-hybridized carbons (Fsp3) is 0.933. The summed E-state index contributed by atoms with van der Waals surface area (Å²) in [7, 11) is 1.84. The second-order valence-electron chi connectivity index (χ2n) is 6.37. The molecule has 2 saturated heterocycles. The monoisotopic (exact) mass is 283 g/mol. The molecule has 0 amide bonds. The highest BCUT2D eigenvalue weighted by Gasteiger charge is 2.40. The van der Waals surface area contributed by atoms with Gasteiger partial charge in [0.1, 0.15) is 5.54 Å². The van der Waals surface area contributed by atoms with Crippen LogP contribution < -0.4 is 5.32 Å². The number of piperazine rings is 1. The Morgan fingerprint density at radius 3 is 2.85 bits per heavy atom. The molecule has 0 aromatic heterocycles. The quantitative estimate of drug-likeness (QED) is 0.752. The lowest BCUT2D eigenvalue weighted by Crippen LogP contribution is -2.63. The summed E-state index contributed by atoms with van der Waals surface area (Å²) in [6.07, 6.45) is 2.60. The second-order valence-corrected chi connectivity index (χ2v) is 6.37. The number of hydrogen-bond donors (Lipinski definition) is 1. The van der Waals surface area contributed by atoms with Gasteiger partial charge >= 0.3 is 5.97 Å². The lowest BCUT2D eigenvalue weighted by atomic mass is 9.99. The van der Waals surface area contributed by atoms with Crippen molar-refractivity contribution in [1.29, 1.82) is 0 Å². The van der Waals surface area contributed by atoms with E-state index in [1.807, 2.05) is 20.9 Å². The fourth-order valence-electron chi connectivity index (χ4n) is 3.41. The number of nitrogens with one attached hydrogen (secondary N) is 1. The van der Waals surface area contributed by atoms with Crippen LogP contribution in [0.5, 0.6) is 0 Å². The average molecular weight is 283 g/mol. The van der Waals surface area contributed by atoms with Crippen LogP contribution in [0.4, 0.5) is 0 Å². The molecule has 0 aromatic rings. The number of rotatable bonds is 5. The van der Waals surface area contributed by atoms with Crippen molar-refractivity contribution in [3.8, 4) is 0 Å². The third-order valence-electron chi connectivity index (χ3n) is 4.86. The highest BCUT2D eigenvalue weighted by Crippen LogP contribution is 2.25. The Morgan fingerprint density at radius 2 is 2.20 bits per heavy atom. The van der Waals surface area contributed by atoms with Crippen molar-refractivity contribution < 1.29 is 9.53 Å². The highest BCUT2D eigenvalue weighted by atomic mass is 16.5. The van der Waals surface area contributed by atoms with E-state index >= 15 is 0 Å². The van der Waals surface area contributed by atoms with Gasteiger partial charge in [0.05, 0.1) is 6.61 Å². The van der Waals surface area contributed by atoms with Crippen LogP contribution in [0.2, 0.25) is 0 Å². The van der Waals surface area contributed by atoms with E-state index < -0.39 is 5.54 Å². The lowest BCUT2D eigenvalue weighted by Gasteiger charge is -2.45. The summed E-state index contributed by atoms with van der Waals surface area (Å²) in [6, 6.07) is 1.17. The maximum atomic E-state index is 12.2. The van der Waals surface area contributed by atoms with E-state index in [9.17, 15) is 4.79 Å². The molecule has 20 heavy (non-hydrogen) atoms. The predicted molar refractivity (Wildman–Crippen MR) is 79.7 cm³/mol. The van der Waals surface area contributed by atoms with E-state index in [2.05, 4.69) is 22.0 Å². The van der Waals surface area contributed by atoms with Crippen LogP contribution in [0.3, 0.4) is 0 Å². The first-order chi connectivity index (χ1) is 9.50.